The highest BCUT2D eigenvalue weighted by Gasteiger charge is 2.28. The predicted octanol–water partition coefficient (Wildman–Crippen LogP) is 2.29. The van der Waals surface area contributed by atoms with E-state index in [4.69, 9.17) is 4.74 Å². The third-order valence-electron chi connectivity index (χ3n) is 2.79. The van der Waals surface area contributed by atoms with Crippen molar-refractivity contribution in [2.75, 3.05) is 13.1 Å². The van der Waals surface area contributed by atoms with Crippen molar-refractivity contribution in [1.82, 2.24) is 10.6 Å². The average Bonchev–Trinajstić information content (AvgIpc) is 2.22. The second kappa shape index (κ2) is 5.25. The van der Waals surface area contributed by atoms with Crippen LogP contribution in [0.1, 0.15) is 47.5 Å². The summed E-state index contributed by atoms with van der Waals surface area (Å²) in [6.07, 6.45) is 1.64. The molecule has 0 spiro atoms. The van der Waals surface area contributed by atoms with Crippen molar-refractivity contribution >= 4 is 6.09 Å². The van der Waals surface area contributed by atoms with Crippen molar-refractivity contribution in [1.29, 1.82) is 0 Å². The lowest BCUT2D eigenvalue weighted by atomic mass is 9.86. The maximum absolute atomic E-state index is 11.7. The molecule has 0 aromatic carbocycles. The van der Waals surface area contributed by atoms with Crippen LogP contribution in [0.15, 0.2) is 0 Å². The Kier molecular flexibility index (Phi) is 4.42. The van der Waals surface area contributed by atoms with Crippen LogP contribution in [0.4, 0.5) is 4.79 Å². The number of carbonyl (C=O) groups is 1. The Morgan fingerprint density at radius 1 is 1.41 bits per heavy atom. The molecule has 4 nitrogen and oxygen atoms in total. The summed E-state index contributed by atoms with van der Waals surface area (Å²) in [5, 5.41) is 6.37. The van der Waals surface area contributed by atoms with E-state index in [0.29, 0.717) is 0 Å². The number of alkyl carbamates (subject to hydrolysis) is 1. The van der Waals surface area contributed by atoms with E-state index in [1.165, 1.54) is 0 Å². The van der Waals surface area contributed by atoms with E-state index in [1.807, 2.05) is 20.8 Å². The minimum absolute atomic E-state index is 0.204. The molecule has 1 aliphatic rings. The van der Waals surface area contributed by atoms with Gasteiger partial charge in [-0.1, -0.05) is 13.8 Å². The third kappa shape index (κ3) is 5.91. The molecule has 0 aromatic rings. The molecule has 0 aliphatic carbocycles. The SMILES string of the molecule is CC1(C)CNCCC(NC(=O)OC(C)(C)C)C1. The lowest BCUT2D eigenvalue weighted by molar-refractivity contribution is 0.0493. The molecule has 1 rings (SSSR count). The highest BCUT2D eigenvalue weighted by atomic mass is 16.6. The second-order valence-corrected chi connectivity index (χ2v) is 6.68. The van der Waals surface area contributed by atoms with Gasteiger partial charge in [-0.05, 0) is 45.6 Å². The van der Waals surface area contributed by atoms with Crippen LogP contribution in [0.3, 0.4) is 0 Å². The highest BCUT2D eigenvalue weighted by Crippen LogP contribution is 2.24. The first kappa shape index (κ1) is 14.3. The largest absolute Gasteiger partial charge is 0.444 e. The van der Waals surface area contributed by atoms with Gasteiger partial charge in [0.05, 0.1) is 0 Å². The van der Waals surface area contributed by atoms with Gasteiger partial charge in [0.15, 0.2) is 0 Å². The second-order valence-electron chi connectivity index (χ2n) is 6.68. The van der Waals surface area contributed by atoms with E-state index in [1.54, 1.807) is 0 Å². The molecule has 1 saturated heterocycles. The maximum Gasteiger partial charge on any atom is 0.407 e. The zero-order chi connectivity index (χ0) is 13.1. The van der Waals surface area contributed by atoms with Crippen LogP contribution in [0.2, 0.25) is 0 Å². The fourth-order valence-electron chi connectivity index (χ4n) is 2.14. The summed E-state index contributed by atoms with van der Waals surface area (Å²) < 4.78 is 5.28. The summed E-state index contributed by atoms with van der Waals surface area (Å²) in [6, 6.07) is 0.204. The van der Waals surface area contributed by atoms with E-state index in [2.05, 4.69) is 24.5 Å². The number of amides is 1. The summed E-state index contributed by atoms with van der Waals surface area (Å²) in [5.41, 5.74) is -0.210. The number of nitrogens with one attached hydrogen (secondary N) is 2. The van der Waals surface area contributed by atoms with E-state index < -0.39 is 5.60 Å². The molecule has 1 aliphatic heterocycles. The van der Waals surface area contributed by atoms with Crippen molar-refractivity contribution in [3.8, 4) is 0 Å². The maximum atomic E-state index is 11.7. The fourth-order valence-corrected chi connectivity index (χ4v) is 2.14. The standard InChI is InChI=1S/C13H26N2O2/c1-12(2,3)17-11(16)15-10-6-7-14-9-13(4,5)8-10/h10,14H,6-9H2,1-5H3,(H,15,16). The molecule has 2 N–H and O–H groups in total. The molecular weight excluding hydrogens is 216 g/mol. The first-order valence-corrected chi connectivity index (χ1v) is 6.38. The molecule has 1 atom stereocenters. The van der Waals surface area contributed by atoms with Crippen LogP contribution < -0.4 is 10.6 Å². The monoisotopic (exact) mass is 242 g/mol. The van der Waals surface area contributed by atoms with Crippen molar-refractivity contribution in [3.05, 3.63) is 0 Å². The van der Waals surface area contributed by atoms with E-state index in [0.717, 1.165) is 25.9 Å². The minimum atomic E-state index is -0.428. The number of carbonyl (C=O) groups excluding carboxylic acids is 1. The highest BCUT2D eigenvalue weighted by molar-refractivity contribution is 5.68. The average molecular weight is 242 g/mol. The molecule has 1 fully saturated rings. The zero-order valence-corrected chi connectivity index (χ0v) is 11.7. The van der Waals surface area contributed by atoms with Crippen LogP contribution >= 0.6 is 0 Å². The molecule has 4 heteroatoms. The summed E-state index contributed by atoms with van der Waals surface area (Å²) in [5.74, 6) is 0. The molecule has 100 valence electrons. The summed E-state index contributed by atoms with van der Waals surface area (Å²) >= 11 is 0. The normalized spacial score (nSPS) is 24.9. The lowest BCUT2D eigenvalue weighted by Crippen LogP contribution is -2.41. The molecular formula is C13H26N2O2. The van der Waals surface area contributed by atoms with Crippen LogP contribution in [-0.2, 0) is 4.74 Å². The van der Waals surface area contributed by atoms with Gasteiger partial charge in [0.1, 0.15) is 5.60 Å². The minimum Gasteiger partial charge on any atom is -0.444 e. The van der Waals surface area contributed by atoms with Crippen molar-refractivity contribution in [3.63, 3.8) is 0 Å². The quantitative estimate of drug-likeness (QED) is 0.741. The lowest BCUT2D eigenvalue weighted by Gasteiger charge is -2.27. The van der Waals surface area contributed by atoms with Gasteiger partial charge in [-0.2, -0.15) is 0 Å². The summed E-state index contributed by atoms with van der Waals surface area (Å²) in [7, 11) is 0. The Bertz CT molecular complexity index is 269. The van der Waals surface area contributed by atoms with E-state index in [-0.39, 0.29) is 17.6 Å². The van der Waals surface area contributed by atoms with Gasteiger partial charge < -0.3 is 15.4 Å². The molecule has 0 radical (unpaired) electrons. The first-order chi connectivity index (χ1) is 7.68. The fraction of sp³-hybridized carbons (Fsp3) is 0.923. The van der Waals surface area contributed by atoms with Gasteiger partial charge in [0, 0.05) is 12.6 Å². The number of rotatable bonds is 1. The van der Waals surface area contributed by atoms with Gasteiger partial charge >= 0.3 is 6.09 Å². The summed E-state index contributed by atoms with van der Waals surface area (Å²) in [6.45, 7) is 12.0. The van der Waals surface area contributed by atoms with Crippen molar-refractivity contribution in [2.24, 2.45) is 5.41 Å². The topological polar surface area (TPSA) is 50.4 Å². The Balaban J connectivity index is 2.47. The van der Waals surface area contributed by atoms with Crippen LogP contribution in [-0.4, -0.2) is 30.8 Å². The Labute approximate surface area is 104 Å². The number of hydrogen-bond acceptors (Lipinski definition) is 3. The van der Waals surface area contributed by atoms with E-state index >= 15 is 0 Å². The smallest absolute Gasteiger partial charge is 0.407 e. The molecule has 1 amide bonds. The molecule has 0 aromatic heterocycles. The van der Waals surface area contributed by atoms with Gasteiger partial charge in [-0.3, -0.25) is 0 Å². The van der Waals surface area contributed by atoms with Crippen LogP contribution in [0.25, 0.3) is 0 Å². The number of hydrogen-bond donors (Lipinski definition) is 2. The zero-order valence-electron chi connectivity index (χ0n) is 11.7. The van der Waals surface area contributed by atoms with Gasteiger partial charge in [-0.25, -0.2) is 4.79 Å². The third-order valence-corrected chi connectivity index (χ3v) is 2.79. The number of ether oxygens (including phenoxy) is 1. The van der Waals surface area contributed by atoms with E-state index in [9.17, 15) is 4.79 Å². The Morgan fingerprint density at radius 2 is 2.06 bits per heavy atom. The molecule has 1 heterocycles. The van der Waals surface area contributed by atoms with Gasteiger partial charge in [-0.15, -0.1) is 0 Å². The molecule has 0 bridgehead atoms. The Hall–Kier alpha value is -0.770. The van der Waals surface area contributed by atoms with Crippen molar-refractivity contribution in [2.45, 2.75) is 59.1 Å². The van der Waals surface area contributed by atoms with Crippen molar-refractivity contribution < 1.29 is 9.53 Å². The summed E-state index contributed by atoms with van der Waals surface area (Å²) in [4.78, 5) is 11.7. The Morgan fingerprint density at radius 3 is 2.65 bits per heavy atom. The molecule has 17 heavy (non-hydrogen) atoms. The van der Waals surface area contributed by atoms with Crippen LogP contribution in [0.5, 0.6) is 0 Å². The molecule has 1 unspecified atom stereocenters. The first-order valence-electron chi connectivity index (χ1n) is 6.38. The van der Waals surface area contributed by atoms with Crippen LogP contribution in [0, 0.1) is 5.41 Å². The van der Waals surface area contributed by atoms with Gasteiger partial charge in [0.25, 0.3) is 0 Å². The molecule has 0 saturated carbocycles. The van der Waals surface area contributed by atoms with Gasteiger partial charge in [0.2, 0.25) is 0 Å². The predicted molar refractivity (Wildman–Crippen MR) is 69.0 cm³/mol.